The van der Waals surface area contributed by atoms with Crippen LogP contribution in [-0.4, -0.2) is 91.3 Å². The fourth-order valence-corrected chi connectivity index (χ4v) is 4.81. The molecule has 0 atom stereocenters. The topological polar surface area (TPSA) is 98.2 Å². The Morgan fingerprint density at radius 2 is 1.80 bits per heavy atom. The first-order chi connectivity index (χ1) is 19.4. The summed E-state index contributed by atoms with van der Waals surface area (Å²) in [5.41, 5.74) is 2.22. The van der Waals surface area contributed by atoms with Gasteiger partial charge in [-0.15, -0.1) is 0 Å². The lowest BCUT2D eigenvalue weighted by molar-refractivity contribution is -0.136. The fraction of sp³-hybridized carbons (Fsp3) is 0.414. The van der Waals surface area contributed by atoms with Gasteiger partial charge in [0.05, 0.1) is 45.4 Å². The Balaban J connectivity index is 1.38. The number of hydrogen-bond acceptors (Lipinski definition) is 7. The number of morpholine rings is 1. The Morgan fingerprint density at radius 3 is 2.48 bits per heavy atom. The van der Waals surface area contributed by atoms with Crippen LogP contribution in [0.4, 0.5) is 5.95 Å². The first-order valence-electron chi connectivity index (χ1n) is 13.4. The Hall–Kier alpha value is -3.60. The maximum atomic E-state index is 13.4. The highest BCUT2D eigenvalue weighted by Crippen LogP contribution is 2.33. The molecule has 0 spiro atoms. The van der Waals surface area contributed by atoms with Crippen molar-refractivity contribution in [2.75, 3.05) is 65.5 Å². The Kier molecular flexibility index (Phi) is 8.88. The second kappa shape index (κ2) is 12.7. The number of carbonyl (C=O) groups excluding carboxylic acids is 2. The predicted molar refractivity (Wildman–Crippen MR) is 152 cm³/mol. The summed E-state index contributed by atoms with van der Waals surface area (Å²) >= 11 is 6.09. The van der Waals surface area contributed by atoms with Gasteiger partial charge in [0.25, 0.3) is 0 Å². The molecule has 11 heteroatoms. The van der Waals surface area contributed by atoms with Crippen LogP contribution in [0.15, 0.2) is 48.7 Å². The zero-order valence-electron chi connectivity index (χ0n) is 22.8. The molecule has 1 saturated carbocycles. The molecule has 2 fully saturated rings. The van der Waals surface area contributed by atoms with Crippen LogP contribution in [0.3, 0.4) is 0 Å². The third-order valence-electron chi connectivity index (χ3n) is 7.11. The zero-order chi connectivity index (χ0) is 28.1. The predicted octanol–water partition coefficient (Wildman–Crippen LogP) is 3.72. The van der Waals surface area contributed by atoms with Gasteiger partial charge in [0, 0.05) is 54.9 Å². The van der Waals surface area contributed by atoms with E-state index >= 15 is 0 Å². The SMILES string of the molecule is COc1ccc(-n2cc(-c3ccc(Cl)cc3)nc2NC(=O)CN(CCN2CCOCC2)C(=O)C2CC2)cc1OC. The number of hydrogen-bond donors (Lipinski definition) is 1. The number of halogens is 1. The lowest BCUT2D eigenvalue weighted by Gasteiger charge is -2.30. The van der Waals surface area contributed by atoms with Crippen LogP contribution in [-0.2, 0) is 14.3 Å². The smallest absolute Gasteiger partial charge is 0.246 e. The van der Waals surface area contributed by atoms with Crippen LogP contribution in [0.1, 0.15) is 12.8 Å². The van der Waals surface area contributed by atoms with E-state index in [1.807, 2.05) is 30.5 Å². The molecule has 0 unspecified atom stereocenters. The largest absolute Gasteiger partial charge is 0.493 e. The van der Waals surface area contributed by atoms with Crippen LogP contribution in [0, 0.1) is 5.92 Å². The summed E-state index contributed by atoms with van der Waals surface area (Å²) in [6, 6.07) is 12.8. The zero-order valence-corrected chi connectivity index (χ0v) is 23.5. The number of methoxy groups -OCH3 is 2. The molecule has 1 aliphatic heterocycles. The van der Waals surface area contributed by atoms with Crippen LogP contribution in [0.2, 0.25) is 5.02 Å². The van der Waals surface area contributed by atoms with Gasteiger partial charge < -0.3 is 19.1 Å². The number of amides is 2. The van der Waals surface area contributed by atoms with Gasteiger partial charge in [0.2, 0.25) is 17.8 Å². The Morgan fingerprint density at radius 1 is 1.07 bits per heavy atom. The first-order valence-corrected chi connectivity index (χ1v) is 13.8. The molecule has 2 heterocycles. The van der Waals surface area contributed by atoms with Crippen molar-refractivity contribution in [2.24, 2.45) is 5.92 Å². The van der Waals surface area contributed by atoms with Gasteiger partial charge in [-0.1, -0.05) is 23.7 Å². The quantitative estimate of drug-likeness (QED) is 0.377. The average molecular weight is 568 g/mol. The summed E-state index contributed by atoms with van der Waals surface area (Å²) < 4.78 is 18.1. The van der Waals surface area contributed by atoms with E-state index in [1.165, 1.54) is 0 Å². The van der Waals surface area contributed by atoms with Crippen molar-refractivity contribution in [1.29, 1.82) is 0 Å². The average Bonchev–Trinajstić information content (AvgIpc) is 3.75. The van der Waals surface area contributed by atoms with Gasteiger partial charge in [0.1, 0.15) is 0 Å². The molecule has 2 aromatic carbocycles. The van der Waals surface area contributed by atoms with Crippen molar-refractivity contribution < 1.29 is 23.8 Å². The highest BCUT2D eigenvalue weighted by molar-refractivity contribution is 6.30. The number of aromatic nitrogens is 2. The number of benzene rings is 2. The highest BCUT2D eigenvalue weighted by atomic mass is 35.5. The standard InChI is InChI=1S/C29H34ClN5O5/c1-38-25-10-9-23(17-26(25)39-2)35-18-24(20-5-7-22(30)8-6-20)31-29(35)32-27(36)19-34(28(37)21-3-4-21)12-11-33-13-15-40-16-14-33/h5-10,17-18,21H,3-4,11-16,19H2,1-2H3,(H,31,32,36). The molecular formula is C29H34ClN5O5. The van der Waals surface area contributed by atoms with E-state index in [9.17, 15) is 9.59 Å². The number of nitrogens with one attached hydrogen (secondary N) is 1. The molecule has 3 aromatic rings. The van der Waals surface area contributed by atoms with Gasteiger partial charge in [0.15, 0.2) is 11.5 Å². The number of nitrogens with zero attached hydrogens (tertiary/aromatic N) is 4. The van der Waals surface area contributed by atoms with E-state index in [1.54, 1.807) is 41.9 Å². The van der Waals surface area contributed by atoms with Crippen molar-refractivity contribution in [3.8, 4) is 28.4 Å². The van der Waals surface area contributed by atoms with E-state index in [0.29, 0.717) is 54.5 Å². The second-order valence-corrected chi connectivity index (χ2v) is 10.3. The second-order valence-electron chi connectivity index (χ2n) is 9.90. The summed E-state index contributed by atoms with van der Waals surface area (Å²) in [6.45, 7) is 4.17. The highest BCUT2D eigenvalue weighted by Gasteiger charge is 2.34. The number of carbonyl (C=O) groups is 2. The van der Waals surface area contributed by atoms with Crippen molar-refractivity contribution in [3.05, 3.63) is 53.7 Å². The molecule has 1 N–H and O–H groups in total. The molecule has 0 radical (unpaired) electrons. The molecule has 0 bridgehead atoms. The van der Waals surface area contributed by atoms with Crippen LogP contribution >= 0.6 is 11.6 Å². The lowest BCUT2D eigenvalue weighted by atomic mass is 10.2. The minimum Gasteiger partial charge on any atom is -0.493 e. The minimum atomic E-state index is -0.314. The Bertz CT molecular complexity index is 1340. The normalized spacial score (nSPS) is 15.5. The van der Waals surface area contributed by atoms with Crippen LogP contribution in [0.5, 0.6) is 11.5 Å². The molecule has 2 aliphatic rings. The maximum Gasteiger partial charge on any atom is 0.246 e. The summed E-state index contributed by atoms with van der Waals surface area (Å²) in [5.74, 6) is 1.20. The fourth-order valence-electron chi connectivity index (χ4n) is 4.68. The molecular weight excluding hydrogens is 534 g/mol. The molecule has 1 aliphatic carbocycles. The van der Waals surface area contributed by atoms with Gasteiger partial charge in [-0.05, 0) is 37.1 Å². The summed E-state index contributed by atoms with van der Waals surface area (Å²) in [4.78, 5) is 35.1. The third-order valence-corrected chi connectivity index (χ3v) is 7.36. The maximum absolute atomic E-state index is 13.4. The molecule has 1 saturated heterocycles. The van der Waals surface area contributed by atoms with Crippen molar-refractivity contribution >= 4 is 29.4 Å². The number of imidazole rings is 1. The van der Waals surface area contributed by atoms with E-state index in [0.717, 1.165) is 37.2 Å². The molecule has 5 rings (SSSR count). The summed E-state index contributed by atoms with van der Waals surface area (Å²) in [7, 11) is 3.15. The molecule has 2 amide bonds. The van der Waals surface area contributed by atoms with Crippen molar-refractivity contribution in [2.45, 2.75) is 12.8 Å². The molecule has 212 valence electrons. The summed E-state index contributed by atoms with van der Waals surface area (Å²) in [6.07, 6.45) is 3.59. The molecule has 40 heavy (non-hydrogen) atoms. The number of anilines is 1. The monoisotopic (exact) mass is 567 g/mol. The summed E-state index contributed by atoms with van der Waals surface area (Å²) in [5, 5.41) is 3.57. The van der Waals surface area contributed by atoms with Crippen LogP contribution in [0.25, 0.3) is 16.9 Å². The van der Waals surface area contributed by atoms with E-state index in [-0.39, 0.29) is 24.3 Å². The van der Waals surface area contributed by atoms with E-state index < -0.39 is 0 Å². The number of ether oxygens (including phenoxy) is 3. The minimum absolute atomic E-state index is 0.0164. The third kappa shape index (κ3) is 6.75. The first kappa shape index (κ1) is 27.9. The Labute approximate surface area is 238 Å². The van der Waals surface area contributed by atoms with E-state index in [2.05, 4.69) is 10.2 Å². The van der Waals surface area contributed by atoms with Gasteiger partial charge in [-0.2, -0.15) is 0 Å². The van der Waals surface area contributed by atoms with E-state index in [4.69, 9.17) is 30.8 Å². The van der Waals surface area contributed by atoms with Gasteiger partial charge in [-0.3, -0.25) is 24.4 Å². The van der Waals surface area contributed by atoms with Crippen LogP contribution < -0.4 is 14.8 Å². The number of rotatable bonds is 11. The van der Waals surface area contributed by atoms with Gasteiger partial charge in [-0.25, -0.2) is 4.98 Å². The molecule has 1 aromatic heterocycles. The van der Waals surface area contributed by atoms with Crippen molar-refractivity contribution in [3.63, 3.8) is 0 Å². The molecule has 10 nitrogen and oxygen atoms in total. The lowest BCUT2D eigenvalue weighted by Crippen LogP contribution is -2.45. The van der Waals surface area contributed by atoms with Gasteiger partial charge >= 0.3 is 0 Å². The van der Waals surface area contributed by atoms with Crippen molar-refractivity contribution in [1.82, 2.24) is 19.4 Å².